The number of alkyl halides is 6. The summed E-state index contributed by atoms with van der Waals surface area (Å²) in [7, 11) is 0. The molecule has 10 heteroatoms. The number of aryl methyl sites for hydroxylation is 2. The summed E-state index contributed by atoms with van der Waals surface area (Å²) in [5, 5.41) is 0. The van der Waals surface area contributed by atoms with E-state index in [0.29, 0.717) is 70.4 Å². The molecule has 0 radical (unpaired) electrons. The predicted octanol–water partition coefficient (Wildman–Crippen LogP) is 12.7. The Balaban J connectivity index is 1.47. The molecule has 0 aromatic heterocycles. The minimum Gasteiger partial charge on any atom is -0.456 e. The number of hydrogen-bond donors (Lipinski definition) is 2. The summed E-state index contributed by atoms with van der Waals surface area (Å²) in [4.78, 5) is 0. The summed E-state index contributed by atoms with van der Waals surface area (Å²) < 4.78 is 103. The third-order valence-electron chi connectivity index (χ3n) is 10.0. The molecule has 0 unspecified atom stereocenters. The van der Waals surface area contributed by atoms with Gasteiger partial charge in [0.05, 0.1) is 16.5 Å². The number of rotatable bonds is 10. The minimum atomic E-state index is -4.90. The number of nitrogens with two attached hydrogens (primary N) is 2. The van der Waals surface area contributed by atoms with Gasteiger partial charge in [0.25, 0.3) is 0 Å². The minimum absolute atomic E-state index is 0.112. The molecule has 0 saturated carbocycles. The molecule has 55 heavy (non-hydrogen) atoms. The highest BCUT2D eigenvalue weighted by Gasteiger charge is 2.49. The molecule has 0 saturated heterocycles. The third kappa shape index (κ3) is 6.86. The van der Waals surface area contributed by atoms with Crippen LogP contribution in [0.25, 0.3) is 11.1 Å². The first-order valence-electron chi connectivity index (χ1n) is 18.0. The molecule has 4 N–H and O–H groups in total. The molecular weight excluding hydrogens is 714 g/mol. The van der Waals surface area contributed by atoms with E-state index in [2.05, 4.69) is 0 Å². The lowest BCUT2D eigenvalue weighted by Crippen LogP contribution is -2.29. The lowest BCUT2D eigenvalue weighted by molar-refractivity contribution is -0.139. The van der Waals surface area contributed by atoms with Gasteiger partial charge in [-0.05, 0) is 118 Å². The van der Waals surface area contributed by atoms with Gasteiger partial charge >= 0.3 is 12.4 Å². The van der Waals surface area contributed by atoms with Crippen LogP contribution in [-0.2, 0) is 30.6 Å². The number of ether oxygens (including phenoxy) is 2. The molecule has 7 rings (SSSR count). The molecule has 0 spiro atoms. The van der Waals surface area contributed by atoms with Crippen LogP contribution in [0.5, 0.6) is 23.0 Å². The van der Waals surface area contributed by atoms with Crippen LogP contribution < -0.4 is 20.9 Å². The lowest BCUT2D eigenvalue weighted by Gasteiger charge is -2.35. The average Bonchev–Trinajstić information content (AvgIpc) is 3.44. The summed E-state index contributed by atoms with van der Waals surface area (Å²) in [5.41, 5.74) is 13.1. The van der Waals surface area contributed by atoms with Crippen molar-refractivity contribution in [3.05, 3.63) is 166 Å². The Kier molecular flexibility index (Phi) is 9.79. The number of halogens is 6. The molecule has 0 fully saturated rings. The fourth-order valence-corrected chi connectivity index (χ4v) is 7.74. The van der Waals surface area contributed by atoms with Gasteiger partial charge < -0.3 is 20.9 Å². The molecule has 6 aromatic rings. The molecule has 1 aliphatic rings. The zero-order valence-electron chi connectivity index (χ0n) is 30.1. The van der Waals surface area contributed by atoms with Crippen LogP contribution in [0, 0.1) is 0 Å². The maximum atomic E-state index is 15.2. The van der Waals surface area contributed by atoms with Crippen molar-refractivity contribution in [1.29, 1.82) is 0 Å². The molecule has 282 valence electrons. The van der Waals surface area contributed by atoms with Crippen molar-refractivity contribution in [1.82, 2.24) is 0 Å². The van der Waals surface area contributed by atoms with Crippen LogP contribution in [-0.4, -0.2) is 0 Å². The number of anilines is 2. The first kappa shape index (κ1) is 37.4. The first-order valence-corrected chi connectivity index (χ1v) is 18.0. The molecule has 1 aliphatic carbocycles. The van der Waals surface area contributed by atoms with Gasteiger partial charge in [-0.2, -0.15) is 26.3 Å². The quantitative estimate of drug-likeness (QED) is 0.108. The predicted molar refractivity (Wildman–Crippen MR) is 204 cm³/mol. The highest BCUT2D eigenvalue weighted by atomic mass is 19.4. The topological polar surface area (TPSA) is 70.5 Å². The van der Waals surface area contributed by atoms with E-state index >= 15 is 26.3 Å². The van der Waals surface area contributed by atoms with Crippen LogP contribution in [0.4, 0.5) is 37.7 Å². The monoisotopic (exact) mass is 752 g/mol. The number of fused-ring (bicyclic) bond motifs is 3. The van der Waals surface area contributed by atoms with Gasteiger partial charge in [0, 0.05) is 11.4 Å². The maximum absolute atomic E-state index is 15.2. The number of benzene rings is 6. The fraction of sp³-hybridized carbons (Fsp3) is 0.200. The Morgan fingerprint density at radius 1 is 0.491 bits per heavy atom. The second kappa shape index (κ2) is 14.4. The average molecular weight is 753 g/mol. The van der Waals surface area contributed by atoms with Gasteiger partial charge in [-0.3, -0.25) is 0 Å². The largest absolute Gasteiger partial charge is 0.456 e. The summed E-state index contributed by atoms with van der Waals surface area (Å²) >= 11 is 0. The Morgan fingerprint density at radius 2 is 0.873 bits per heavy atom. The number of hydrogen-bond acceptors (Lipinski definition) is 4. The van der Waals surface area contributed by atoms with E-state index in [9.17, 15) is 0 Å². The van der Waals surface area contributed by atoms with Gasteiger partial charge in [0.2, 0.25) is 0 Å². The van der Waals surface area contributed by atoms with Gasteiger partial charge in [0.15, 0.2) is 0 Å². The smallest absolute Gasteiger partial charge is 0.419 e. The summed E-state index contributed by atoms with van der Waals surface area (Å²) in [5.74, 6) is -0.429. The summed E-state index contributed by atoms with van der Waals surface area (Å²) in [6.45, 7) is 3.87. The highest BCUT2D eigenvalue weighted by molar-refractivity contribution is 5.86. The van der Waals surface area contributed by atoms with E-state index in [0.717, 1.165) is 12.1 Å². The van der Waals surface area contributed by atoms with Crippen LogP contribution >= 0.6 is 0 Å². The first-order chi connectivity index (χ1) is 26.2. The highest BCUT2D eigenvalue weighted by Crippen LogP contribution is 2.58. The molecule has 0 heterocycles. The van der Waals surface area contributed by atoms with Gasteiger partial charge in [-0.25, -0.2) is 0 Å². The Morgan fingerprint density at radius 3 is 1.25 bits per heavy atom. The molecule has 0 bridgehead atoms. The van der Waals surface area contributed by atoms with Crippen LogP contribution in [0.2, 0.25) is 0 Å². The molecular formula is C45H38F6N2O2. The Hall–Kier alpha value is -5.90. The Labute approximate surface area is 315 Å². The third-order valence-corrected chi connectivity index (χ3v) is 10.0. The van der Waals surface area contributed by atoms with E-state index in [1.54, 1.807) is 60.7 Å². The van der Waals surface area contributed by atoms with Crippen LogP contribution in [0.1, 0.15) is 71.2 Å². The van der Waals surface area contributed by atoms with Crippen molar-refractivity contribution in [2.45, 2.75) is 57.3 Å². The van der Waals surface area contributed by atoms with Crippen molar-refractivity contribution < 1.29 is 35.8 Å². The summed E-state index contributed by atoms with van der Waals surface area (Å²) in [6, 6.07) is 31.2. The molecule has 0 amide bonds. The van der Waals surface area contributed by atoms with E-state index < -0.39 is 40.4 Å². The van der Waals surface area contributed by atoms with Crippen molar-refractivity contribution in [3.8, 4) is 34.1 Å². The maximum Gasteiger partial charge on any atom is 0.419 e. The SMILES string of the molecule is CCCc1cc(N)ccc1Oc1ccc(C2(c3ccc(Oc4ccc(N)cc4CCC)c(C(F)(F)F)c3)c3ccccc3-c3ccccc32)cc1C(F)(F)F. The molecule has 0 atom stereocenters. The van der Waals surface area contributed by atoms with E-state index in [4.69, 9.17) is 20.9 Å². The summed E-state index contributed by atoms with van der Waals surface area (Å²) in [6.07, 6.45) is -7.34. The van der Waals surface area contributed by atoms with Gasteiger partial charge in [0.1, 0.15) is 23.0 Å². The van der Waals surface area contributed by atoms with Crippen molar-refractivity contribution in [2.75, 3.05) is 11.5 Å². The number of nitrogen functional groups attached to an aromatic ring is 2. The second-order valence-corrected chi connectivity index (χ2v) is 13.7. The van der Waals surface area contributed by atoms with Gasteiger partial charge in [-0.1, -0.05) is 87.4 Å². The van der Waals surface area contributed by atoms with Crippen LogP contribution in [0.3, 0.4) is 0 Å². The molecule has 4 nitrogen and oxygen atoms in total. The lowest BCUT2D eigenvalue weighted by atomic mass is 9.67. The zero-order valence-corrected chi connectivity index (χ0v) is 30.1. The van der Waals surface area contributed by atoms with Crippen molar-refractivity contribution in [2.24, 2.45) is 0 Å². The standard InChI is InChI=1S/C45H38F6N2O2/c1-3-9-27-23-31(52)17-21-39(27)54-41-19-15-29(25-37(41)44(46,47)48)43(35-13-7-5-11-33(35)34-12-6-8-14-36(34)43)30-16-20-42(38(26-30)45(49,50)51)55-40-22-18-32(53)24-28(40)10-4-2/h5-8,11-26H,3-4,9-10,52-53H2,1-2H3. The fourth-order valence-electron chi connectivity index (χ4n) is 7.74. The van der Waals surface area contributed by atoms with E-state index in [-0.39, 0.29) is 22.6 Å². The normalized spacial score (nSPS) is 13.3. The molecule has 6 aromatic carbocycles. The van der Waals surface area contributed by atoms with E-state index in [1.165, 1.54) is 36.4 Å². The van der Waals surface area contributed by atoms with Crippen molar-refractivity contribution in [3.63, 3.8) is 0 Å². The second-order valence-electron chi connectivity index (χ2n) is 13.7. The molecule has 0 aliphatic heterocycles. The van der Waals surface area contributed by atoms with E-state index in [1.807, 2.05) is 26.0 Å². The van der Waals surface area contributed by atoms with Crippen LogP contribution in [0.15, 0.2) is 121 Å². The Bertz CT molecular complexity index is 2220. The van der Waals surface area contributed by atoms with Crippen molar-refractivity contribution >= 4 is 11.4 Å². The zero-order chi connectivity index (χ0) is 39.1. The van der Waals surface area contributed by atoms with Gasteiger partial charge in [-0.15, -0.1) is 0 Å².